The molecule has 0 bridgehead atoms. The van der Waals surface area contributed by atoms with Crippen molar-refractivity contribution in [3.05, 3.63) is 78.9 Å². The Bertz CT molecular complexity index is 518. The summed E-state index contributed by atoms with van der Waals surface area (Å²) in [6.45, 7) is 0. The molecule has 2 heteroatoms. The van der Waals surface area contributed by atoms with Gasteiger partial charge < -0.3 is 37.5 Å². The summed E-state index contributed by atoms with van der Waals surface area (Å²) in [5.74, 6) is 0. The molecular formula is C16H9FeP-6. The molecule has 0 amide bonds. The molecule has 0 saturated heterocycles. The first-order valence-electron chi connectivity index (χ1n) is 5.41. The first-order valence-corrected chi connectivity index (χ1v) is 6.75. The summed E-state index contributed by atoms with van der Waals surface area (Å²) in [4.78, 5) is 0. The van der Waals surface area contributed by atoms with Gasteiger partial charge in [-0.25, -0.2) is 12.1 Å². The van der Waals surface area contributed by atoms with E-state index < -0.39 is 7.92 Å². The van der Waals surface area contributed by atoms with Gasteiger partial charge in [-0.1, -0.05) is 35.6 Å². The van der Waals surface area contributed by atoms with E-state index >= 15 is 0 Å². The zero-order valence-corrected chi connectivity index (χ0v) is 11.5. The predicted octanol–water partition coefficient (Wildman–Crippen LogP) is 2.08. The van der Waals surface area contributed by atoms with Crippen LogP contribution in [0.3, 0.4) is 0 Å². The predicted molar refractivity (Wildman–Crippen MR) is 71.7 cm³/mol. The van der Waals surface area contributed by atoms with E-state index in [1.54, 1.807) is 0 Å². The van der Waals surface area contributed by atoms with Crippen molar-refractivity contribution in [2.75, 3.05) is 0 Å². The Kier molecular flexibility index (Phi) is 4.55. The van der Waals surface area contributed by atoms with Crippen LogP contribution < -0.4 is 15.9 Å². The fourth-order valence-corrected chi connectivity index (χ4v) is 3.91. The summed E-state index contributed by atoms with van der Waals surface area (Å²) in [6.07, 6.45) is 0. The molecule has 0 fully saturated rings. The van der Waals surface area contributed by atoms with Gasteiger partial charge in [-0.3, -0.25) is 0 Å². The number of benzene rings is 1. The van der Waals surface area contributed by atoms with Gasteiger partial charge in [0.15, 0.2) is 0 Å². The second-order valence-electron chi connectivity index (χ2n) is 3.66. The Hall–Kier alpha value is -1.13. The number of hydrogen-bond donors (Lipinski definition) is 0. The SMILES string of the molecule is [Fe].[c-]1[c-][c-][c-](P(c2ccccc2)[c-]2cccc2)[c-]1. The molecule has 3 aromatic carbocycles. The minimum atomic E-state index is -0.546. The van der Waals surface area contributed by atoms with Gasteiger partial charge in [-0.05, 0) is 0 Å². The molecule has 0 aliphatic heterocycles. The van der Waals surface area contributed by atoms with Crippen LogP contribution in [0.25, 0.3) is 0 Å². The maximum atomic E-state index is 3.12. The van der Waals surface area contributed by atoms with Crippen LogP contribution in [-0.4, -0.2) is 0 Å². The number of hydrogen-bond acceptors (Lipinski definition) is 0. The first kappa shape index (κ1) is 13.3. The van der Waals surface area contributed by atoms with Crippen molar-refractivity contribution in [3.8, 4) is 0 Å². The fraction of sp³-hybridized carbons (Fsp3) is 0. The Morgan fingerprint density at radius 2 is 1.44 bits per heavy atom. The van der Waals surface area contributed by atoms with E-state index in [0.29, 0.717) is 0 Å². The van der Waals surface area contributed by atoms with Gasteiger partial charge in [-0.2, -0.15) is 17.4 Å². The molecule has 0 radical (unpaired) electrons. The molecule has 18 heavy (non-hydrogen) atoms. The van der Waals surface area contributed by atoms with Gasteiger partial charge in [-0.15, -0.1) is 0 Å². The van der Waals surface area contributed by atoms with E-state index in [2.05, 4.69) is 72.8 Å². The van der Waals surface area contributed by atoms with E-state index in [1.807, 2.05) is 6.07 Å². The van der Waals surface area contributed by atoms with Crippen molar-refractivity contribution in [1.29, 1.82) is 0 Å². The van der Waals surface area contributed by atoms with Crippen molar-refractivity contribution in [2.45, 2.75) is 0 Å². The zero-order valence-electron chi connectivity index (χ0n) is 9.50. The molecule has 3 aromatic rings. The van der Waals surface area contributed by atoms with Crippen molar-refractivity contribution in [1.82, 2.24) is 0 Å². The van der Waals surface area contributed by atoms with Crippen LogP contribution in [0.2, 0.25) is 0 Å². The molecule has 0 aromatic heterocycles. The Morgan fingerprint density at radius 3 is 2.06 bits per heavy atom. The summed E-state index contributed by atoms with van der Waals surface area (Å²) < 4.78 is 0. The van der Waals surface area contributed by atoms with Crippen molar-refractivity contribution in [3.63, 3.8) is 0 Å². The van der Waals surface area contributed by atoms with Crippen LogP contribution in [-0.2, 0) is 17.1 Å². The summed E-state index contributed by atoms with van der Waals surface area (Å²) >= 11 is 0. The molecule has 1 unspecified atom stereocenters. The third-order valence-electron chi connectivity index (χ3n) is 2.57. The summed E-state index contributed by atoms with van der Waals surface area (Å²) in [5.41, 5.74) is 0. The summed E-state index contributed by atoms with van der Waals surface area (Å²) in [6, 6.07) is 30.9. The molecule has 0 N–H and O–H groups in total. The molecule has 1 atom stereocenters. The minimum absolute atomic E-state index is 0. The molecular weight excluding hydrogens is 279 g/mol. The Balaban J connectivity index is 0.00000120. The Morgan fingerprint density at radius 1 is 0.833 bits per heavy atom. The second-order valence-corrected chi connectivity index (χ2v) is 5.81. The summed E-state index contributed by atoms with van der Waals surface area (Å²) in [7, 11) is -0.546. The van der Waals surface area contributed by atoms with Crippen molar-refractivity contribution < 1.29 is 17.1 Å². The Labute approximate surface area is 120 Å². The molecule has 0 heterocycles. The monoisotopic (exact) mass is 288 g/mol. The molecule has 0 spiro atoms. The minimum Gasteiger partial charge on any atom is -0.998 e. The van der Waals surface area contributed by atoms with E-state index in [1.165, 1.54) is 10.6 Å². The average Bonchev–Trinajstić information content (AvgIpc) is 3.04. The third kappa shape index (κ3) is 2.65. The van der Waals surface area contributed by atoms with Gasteiger partial charge in [0.2, 0.25) is 0 Å². The number of rotatable bonds is 3. The molecule has 92 valence electrons. The quantitative estimate of drug-likeness (QED) is 0.393. The normalized spacial score (nSPS) is 11.8. The van der Waals surface area contributed by atoms with Crippen molar-refractivity contribution >= 4 is 23.8 Å². The topological polar surface area (TPSA) is 0 Å². The molecule has 0 aliphatic rings. The fourth-order valence-electron chi connectivity index (χ4n) is 1.82. The van der Waals surface area contributed by atoms with E-state index in [4.69, 9.17) is 0 Å². The van der Waals surface area contributed by atoms with Gasteiger partial charge in [0.05, 0.1) is 0 Å². The van der Waals surface area contributed by atoms with Crippen LogP contribution in [0.5, 0.6) is 0 Å². The zero-order chi connectivity index (χ0) is 11.5. The standard InChI is InChI=1S/C16H9P.Fe/c1-2-8-14(9-3-1)17(15-10-4-5-11-15)16-12-6-7-13-16;/h1-5,8-11H;/q-6;. The molecule has 0 aliphatic carbocycles. The molecule has 0 saturated carbocycles. The van der Waals surface area contributed by atoms with Gasteiger partial charge in [0.1, 0.15) is 0 Å². The first-order chi connectivity index (χ1) is 8.45. The van der Waals surface area contributed by atoms with E-state index in [-0.39, 0.29) is 17.1 Å². The van der Waals surface area contributed by atoms with Crippen LogP contribution >= 0.6 is 7.92 Å². The van der Waals surface area contributed by atoms with Gasteiger partial charge >= 0.3 is 0 Å². The summed E-state index contributed by atoms with van der Waals surface area (Å²) in [5, 5.41) is 3.71. The second kappa shape index (κ2) is 6.16. The smallest absolute Gasteiger partial charge is 0 e. The maximum Gasteiger partial charge on any atom is 0 e. The van der Waals surface area contributed by atoms with Crippen LogP contribution in [0.1, 0.15) is 0 Å². The largest absolute Gasteiger partial charge is 0.998 e. The molecule has 3 rings (SSSR count). The van der Waals surface area contributed by atoms with E-state index in [9.17, 15) is 0 Å². The van der Waals surface area contributed by atoms with Crippen molar-refractivity contribution in [2.24, 2.45) is 0 Å². The van der Waals surface area contributed by atoms with Gasteiger partial charge in [0.25, 0.3) is 0 Å². The molecule has 0 nitrogen and oxygen atoms in total. The van der Waals surface area contributed by atoms with E-state index in [0.717, 1.165) is 5.30 Å². The maximum absolute atomic E-state index is 3.12. The van der Waals surface area contributed by atoms with Crippen LogP contribution in [0.15, 0.2) is 54.6 Å². The average molecular weight is 288 g/mol. The van der Waals surface area contributed by atoms with Gasteiger partial charge in [0, 0.05) is 17.1 Å². The third-order valence-corrected chi connectivity index (χ3v) is 4.87. The van der Waals surface area contributed by atoms with Crippen LogP contribution in [0, 0.1) is 24.3 Å². The van der Waals surface area contributed by atoms with Crippen LogP contribution in [0.4, 0.5) is 0 Å².